The van der Waals surface area contributed by atoms with Gasteiger partial charge in [0.1, 0.15) is 0 Å². The summed E-state index contributed by atoms with van der Waals surface area (Å²) in [6.07, 6.45) is 13.8. The van der Waals surface area contributed by atoms with Gasteiger partial charge in [-0.3, -0.25) is 4.79 Å². The molecule has 1 aromatic carbocycles. The van der Waals surface area contributed by atoms with Gasteiger partial charge in [0.2, 0.25) is 0 Å². The van der Waals surface area contributed by atoms with Crippen LogP contribution in [0.15, 0.2) is 37.1 Å². The molecule has 0 unspecified atom stereocenters. The summed E-state index contributed by atoms with van der Waals surface area (Å²) in [6, 6.07) is 4.52. The number of amides is 1. The Bertz CT molecular complexity index is 931. The second-order valence-corrected chi connectivity index (χ2v) is 7.66. The molecular formula is C21H26N4O. The van der Waals surface area contributed by atoms with Crippen LogP contribution in [0, 0.1) is 0 Å². The summed E-state index contributed by atoms with van der Waals surface area (Å²) in [6.45, 7) is 4.40. The first-order chi connectivity index (χ1) is 12.6. The topological polar surface area (TPSA) is 65.8 Å². The smallest absolute Gasteiger partial charge is 0.250 e. The second-order valence-electron chi connectivity index (χ2n) is 7.66. The van der Waals surface area contributed by atoms with Gasteiger partial charge >= 0.3 is 0 Å². The number of benzene rings is 1. The maximum Gasteiger partial charge on any atom is 0.250 e. The maximum atomic E-state index is 12.3. The van der Waals surface area contributed by atoms with E-state index >= 15 is 0 Å². The van der Waals surface area contributed by atoms with Crippen molar-refractivity contribution < 1.29 is 4.79 Å². The molecule has 2 heterocycles. The zero-order valence-electron chi connectivity index (χ0n) is 15.5. The number of primary amides is 1. The van der Waals surface area contributed by atoms with E-state index in [1.807, 2.05) is 16.8 Å². The van der Waals surface area contributed by atoms with Crippen molar-refractivity contribution in [2.24, 2.45) is 5.73 Å². The van der Waals surface area contributed by atoms with E-state index in [-0.39, 0.29) is 5.91 Å². The lowest BCUT2D eigenvalue weighted by molar-refractivity contribution is 0.100. The van der Waals surface area contributed by atoms with E-state index in [9.17, 15) is 4.79 Å². The molecule has 4 rings (SSSR count). The molecule has 136 valence electrons. The molecule has 2 aromatic heterocycles. The number of carbonyl (C=O) groups excluding carboxylic acids is 1. The molecule has 0 radical (unpaired) electrons. The molecule has 1 saturated carbocycles. The molecule has 5 heteroatoms. The summed E-state index contributed by atoms with van der Waals surface area (Å²) in [5.74, 6) is 0.00327. The average molecular weight is 350 g/mol. The first-order valence-corrected chi connectivity index (χ1v) is 9.53. The van der Waals surface area contributed by atoms with Gasteiger partial charge in [-0.1, -0.05) is 33.1 Å². The Morgan fingerprint density at radius 2 is 2.00 bits per heavy atom. The Kier molecular flexibility index (Phi) is 4.31. The van der Waals surface area contributed by atoms with Gasteiger partial charge in [-0.15, -0.1) is 0 Å². The van der Waals surface area contributed by atoms with Crippen molar-refractivity contribution in [2.45, 2.75) is 57.9 Å². The number of hydrogen-bond donors (Lipinski definition) is 1. The summed E-state index contributed by atoms with van der Waals surface area (Å²) in [5, 5.41) is 1.13. The molecule has 26 heavy (non-hydrogen) atoms. The zero-order chi connectivity index (χ0) is 18.3. The summed E-state index contributed by atoms with van der Waals surface area (Å²) in [4.78, 5) is 16.5. The highest BCUT2D eigenvalue weighted by Gasteiger charge is 2.24. The summed E-state index contributed by atoms with van der Waals surface area (Å²) in [7, 11) is 0. The van der Waals surface area contributed by atoms with Gasteiger partial charge < -0.3 is 14.9 Å². The third kappa shape index (κ3) is 2.81. The molecule has 1 aliphatic carbocycles. The third-order valence-corrected chi connectivity index (χ3v) is 5.60. The molecule has 2 N–H and O–H groups in total. The van der Waals surface area contributed by atoms with Gasteiger partial charge in [0.25, 0.3) is 5.91 Å². The van der Waals surface area contributed by atoms with Crippen molar-refractivity contribution in [3.63, 3.8) is 0 Å². The van der Waals surface area contributed by atoms with Crippen LogP contribution in [0.2, 0.25) is 0 Å². The quantitative estimate of drug-likeness (QED) is 0.750. The van der Waals surface area contributed by atoms with E-state index in [1.165, 1.54) is 37.7 Å². The minimum absolute atomic E-state index is 0.373. The fraction of sp³-hybridized carbons (Fsp3) is 0.429. The molecule has 1 fully saturated rings. The van der Waals surface area contributed by atoms with Crippen molar-refractivity contribution in [3.05, 3.63) is 48.2 Å². The minimum atomic E-state index is -0.373. The first-order valence-electron chi connectivity index (χ1n) is 9.53. The zero-order valence-corrected chi connectivity index (χ0v) is 15.5. The molecule has 0 atom stereocenters. The number of nitrogens with zero attached hydrogens (tertiary/aromatic N) is 3. The average Bonchev–Trinajstić information content (AvgIpc) is 3.29. The van der Waals surface area contributed by atoms with Crippen LogP contribution in [-0.2, 0) is 0 Å². The SMILES string of the molecule is CC(C)c1cn(C2CCCCC2)c2c(C(N)=O)cc(-n3ccnc3)cc12. The van der Waals surface area contributed by atoms with Crippen LogP contribution in [-0.4, -0.2) is 20.0 Å². The first kappa shape index (κ1) is 16.9. The van der Waals surface area contributed by atoms with Gasteiger partial charge in [-0.05, 0) is 36.5 Å². The summed E-state index contributed by atoms with van der Waals surface area (Å²) in [5.41, 5.74) is 9.60. The van der Waals surface area contributed by atoms with E-state index in [0.29, 0.717) is 17.5 Å². The molecule has 0 bridgehead atoms. The van der Waals surface area contributed by atoms with Gasteiger partial charge in [-0.2, -0.15) is 0 Å². The van der Waals surface area contributed by atoms with Crippen LogP contribution < -0.4 is 5.73 Å². The predicted octanol–water partition coefficient (Wildman–Crippen LogP) is 4.55. The van der Waals surface area contributed by atoms with Crippen LogP contribution in [0.25, 0.3) is 16.6 Å². The highest BCUT2D eigenvalue weighted by atomic mass is 16.1. The monoisotopic (exact) mass is 350 g/mol. The Labute approximate surface area is 153 Å². The van der Waals surface area contributed by atoms with E-state index in [4.69, 9.17) is 5.73 Å². The second kappa shape index (κ2) is 6.63. The molecule has 0 saturated heterocycles. The van der Waals surface area contributed by atoms with Crippen LogP contribution in [0.1, 0.15) is 73.8 Å². The standard InChI is InChI=1S/C21H26N4O/c1-14(2)19-12-25(15-6-4-3-5-7-15)20-17(19)10-16(11-18(20)21(22)26)24-9-8-23-13-24/h8-15H,3-7H2,1-2H3,(H2,22,26). The molecule has 1 amide bonds. The van der Waals surface area contributed by atoms with Crippen LogP contribution in [0.5, 0.6) is 0 Å². The highest BCUT2D eigenvalue weighted by molar-refractivity contribution is 6.07. The lowest BCUT2D eigenvalue weighted by Gasteiger charge is -2.25. The van der Waals surface area contributed by atoms with Crippen molar-refractivity contribution >= 4 is 16.8 Å². The van der Waals surface area contributed by atoms with Crippen molar-refractivity contribution in [1.29, 1.82) is 0 Å². The van der Waals surface area contributed by atoms with E-state index in [2.05, 4.69) is 35.7 Å². The van der Waals surface area contributed by atoms with Gasteiger partial charge in [0.05, 0.1) is 17.4 Å². The largest absolute Gasteiger partial charge is 0.366 e. The number of imidazole rings is 1. The normalized spacial score (nSPS) is 15.8. The maximum absolute atomic E-state index is 12.3. The van der Waals surface area contributed by atoms with Crippen molar-refractivity contribution in [3.8, 4) is 5.69 Å². The van der Waals surface area contributed by atoms with Crippen LogP contribution >= 0.6 is 0 Å². The van der Waals surface area contributed by atoms with Gasteiger partial charge in [0.15, 0.2) is 0 Å². The molecule has 3 aromatic rings. The fourth-order valence-corrected chi connectivity index (χ4v) is 4.26. The molecule has 5 nitrogen and oxygen atoms in total. The minimum Gasteiger partial charge on any atom is -0.366 e. The van der Waals surface area contributed by atoms with Crippen LogP contribution in [0.3, 0.4) is 0 Å². The summed E-state index contributed by atoms with van der Waals surface area (Å²) < 4.78 is 4.26. The number of fused-ring (bicyclic) bond motifs is 1. The van der Waals surface area contributed by atoms with Crippen molar-refractivity contribution in [1.82, 2.24) is 14.1 Å². The van der Waals surface area contributed by atoms with E-state index in [0.717, 1.165) is 16.6 Å². The number of rotatable bonds is 4. The molecular weight excluding hydrogens is 324 g/mol. The fourth-order valence-electron chi connectivity index (χ4n) is 4.26. The van der Waals surface area contributed by atoms with Crippen LogP contribution in [0.4, 0.5) is 0 Å². The number of hydrogen-bond acceptors (Lipinski definition) is 2. The molecule has 0 spiro atoms. The number of aromatic nitrogens is 3. The lowest BCUT2D eigenvalue weighted by atomic mass is 9.95. The highest BCUT2D eigenvalue weighted by Crippen LogP contribution is 2.38. The molecule has 0 aliphatic heterocycles. The lowest BCUT2D eigenvalue weighted by Crippen LogP contribution is -2.17. The summed E-state index contributed by atoms with van der Waals surface area (Å²) >= 11 is 0. The molecule has 1 aliphatic rings. The number of nitrogens with two attached hydrogens (primary N) is 1. The van der Waals surface area contributed by atoms with Gasteiger partial charge in [0, 0.05) is 35.7 Å². The predicted molar refractivity (Wildman–Crippen MR) is 104 cm³/mol. The number of carbonyl (C=O) groups is 1. The third-order valence-electron chi connectivity index (χ3n) is 5.60. The Morgan fingerprint density at radius 3 is 2.62 bits per heavy atom. The van der Waals surface area contributed by atoms with E-state index in [1.54, 1.807) is 12.5 Å². The Balaban J connectivity index is 2.00. The van der Waals surface area contributed by atoms with Crippen molar-refractivity contribution in [2.75, 3.05) is 0 Å². The Hall–Kier alpha value is -2.56. The van der Waals surface area contributed by atoms with Gasteiger partial charge in [-0.25, -0.2) is 4.98 Å². The van der Waals surface area contributed by atoms with E-state index < -0.39 is 0 Å². The Morgan fingerprint density at radius 1 is 1.23 bits per heavy atom.